The second-order valence-corrected chi connectivity index (χ2v) is 8.29. The highest BCUT2D eigenvalue weighted by atomic mass is 35.5. The normalized spacial score (nSPS) is 33.2. The summed E-state index contributed by atoms with van der Waals surface area (Å²) in [5.74, 6) is 0.608. The maximum absolute atomic E-state index is 12.6. The first-order valence-electron chi connectivity index (χ1n) is 7.50. The highest BCUT2D eigenvalue weighted by molar-refractivity contribution is 6.36. The van der Waals surface area contributed by atoms with Crippen LogP contribution in [-0.4, -0.2) is 11.9 Å². The monoisotopic (exact) mass is 325 g/mol. The van der Waals surface area contributed by atoms with Crippen LogP contribution in [0.4, 0.5) is 0 Å². The Morgan fingerprint density at radius 1 is 1.29 bits per heavy atom. The molecule has 1 aromatic rings. The van der Waals surface area contributed by atoms with Gasteiger partial charge in [-0.25, -0.2) is 0 Å². The van der Waals surface area contributed by atoms with Gasteiger partial charge in [-0.15, -0.1) is 0 Å². The van der Waals surface area contributed by atoms with Gasteiger partial charge in [0.05, 0.1) is 10.6 Å². The number of hydrogen-bond donors (Lipinski definition) is 1. The highest BCUT2D eigenvalue weighted by Gasteiger charge is 2.59. The zero-order valence-corrected chi connectivity index (χ0v) is 14.2. The van der Waals surface area contributed by atoms with Gasteiger partial charge >= 0.3 is 0 Å². The van der Waals surface area contributed by atoms with Crippen molar-refractivity contribution < 1.29 is 4.79 Å². The average Bonchev–Trinajstić information content (AvgIpc) is 2.85. The lowest BCUT2D eigenvalue weighted by Gasteiger charge is -2.43. The van der Waals surface area contributed by atoms with E-state index in [0.29, 0.717) is 21.5 Å². The molecule has 21 heavy (non-hydrogen) atoms. The van der Waals surface area contributed by atoms with Crippen molar-refractivity contribution in [2.24, 2.45) is 16.7 Å². The lowest BCUT2D eigenvalue weighted by molar-refractivity contribution is 0.0737. The smallest absolute Gasteiger partial charge is 0.253 e. The van der Waals surface area contributed by atoms with Gasteiger partial charge in [-0.05, 0) is 54.2 Å². The summed E-state index contributed by atoms with van der Waals surface area (Å²) in [6, 6.07) is 5.22. The summed E-state index contributed by atoms with van der Waals surface area (Å²) in [4.78, 5) is 12.6. The number of nitrogens with one attached hydrogen (secondary N) is 1. The van der Waals surface area contributed by atoms with Crippen molar-refractivity contribution in [2.45, 2.75) is 46.1 Å². The van der Waals surface area contributed by atoms with Gasteiger partial charge in [-0.2, -0.15) is 0 Å². The molecule has 1 amide bonds. The zero-order valence-electron chi connectivity index (χ0n) is 12.7. The Balaban J connectivity index is 1.85. The van der Waals surface area contributed by atoms with Crippen molar-refractivity contribution in [1.82, 2.24) is 5.32 Å². The number of rotatable bonds is 2. The van der Waals surface area contributed by atoms with Crippen LogP contribution in [0.3, 0.4) is 0 Å². The van der Waals surface area contributed by atoms with E-state index < -0.39 is 0 Å². The topological polar surface area (TPSA) is 29.1 Å². The Bertz CT molecular complexity index is 594. The average molecular weight is 326 g/mol. The van der Waals surface area contributed by atoms with Crippen molar-refractivity contribution in [3.63, 3.8) is 0 Å². The molecular formula is C17H21Cl2NO. The molecule has 0 aliphatic heterocycles. The first kappa shape index (κ1) is 15.2. The molecule has 2 nitrogen and oxygen atoms in total. The predicted octanol–water partition coefficient (Wildman–Crippen LogP) is 4.94. The molecule has 0 aromatic heterocycles. The number of carbonyl (C=O) groups excluding carboxylic acids is 1. The van der Waals surface area contributed by atoms with Crippen LogP contribution in [-0.2, 0) is 0 Å². The maximum atomic E-state index is 12.6. The highest BCUT2D eigenvalue weighted by Crippen LogP contribution is 2.62. The van der Waals surface area contributed by atoms with Gasteiger partial charge in [0.15, 0.2) is 0 Å². The fourth-order valence-corrected chi connectivity index (χ4v) is 5.04. The van der Waals surface area contributed by atoms with E-state index in [0.717, 1.165) is 0 Å². The van der Waals surface area contributed by atoms with E-state index in [1.54, 1.807) is 18.2 Å². The second-order valence-electron chi connectivity index (χ2n) is 7.45. The Hall–Kier alpha value is -0.730. The summed E-state index contributed by atoms with van der Waals surface area (Å²) in [7, 11) is 0. The molecule has 0 heterocycles. The van der Waals surface area contributed by atoms with Crippen molar-refractivity contribution in [1.29, 1.82) is 0 Å². The summed E-state index contributed by atoms with van der Waals surface area (Å²) >= 11 is 12.0. The third-order valence-electron chi connectivity index (χ3n) is 5.72. The zero-order chi connectivity index (χ0) is 15.4. The SMILES string of the molecule is CC1(C)[C@H]2CC[C@](C)(C2)[C@H]1NC(=O)c1ccc(Cl)cc1Cl. The van der Waals surface area contributed by atoms with Crippen LogP contribution in [0.1, 0.15) is 50.4 Å². The Labute approximate surface area is 136 Å². The number of amides is 1. The molecular weight excluding hydrogens is 305 g/mol. The quantitative estimate of drug-likeness (QED) is 0.819. The summed E-state index contributed by atoms with van der Waals surface area (Å²) in [5, 5.41) is 4.20. The van der Waals surface area contributed by atoms with E-state index >= 15 is 0 Å². The molecule has 4 heteroatoms. The molecule has 2 fully saturated rings. The number of carbonyl (C=O) groups is 1. The van der Waals surface area contributed by atoms with Crippen molar-refractivity contribution >= 4 is 29.1 Å². The third kappa shape index (κ3) is 2.37. The molecule has 2 aliphatic rings. The minimum absolute atomic E-state index is 0.0940. The van der Waals surface area contributed by atoms with Crippen LogP contribution in [0.25, 0.3) is 0 Å². The Kier molecular flexibility index (Phi) is 3.53. The minimum atomic E-state index is -0.0940. The minimum Gasteiger partial charge on any atom is -0.348 e. The molecule has 2 saturated carbocycles. The lowest BCUT2D eigenvalue weighted by Crippen LogP contribution is -2.52. The van der Waals surface area contributed by atoms with Crippen molar-refractivity contribution in [2.75, 3.05) is 0 Å². The van der Waals surface area contributed by atoms with Crippen LogP contribution < -0.4 is 5.32 Å². The van der Waals surface area contributed by atoms with E-state index in [1.165, 1.54) is 19.3 Å². The third-order valence-corrected chi connectivity index (χ3v) is 6.27. The first-order valence-corrected chi connectivity index (χ1v) is 8.25. The van der Waals surface area contributed by atoms with Gasteiger partial charge in [-0.3, -0.25) is 4.79 Å². The Morgan fingerprint density at radius 3 is 2.57 bits per heavy atom. The summed E-state index contributed by atoms with van der Waals surface area (Å²) < 4.78 is 0. The molecule has 1 N–H and O–H groups in total. The van der Waals surface area contributed by atoms with Crippen LogP contribution >= 0.6 is 23.2 Å². The number of benzene rings is 1. The lowest BCUT2D eigenvalue weighted by atomic mass is 9.68. The molecule has 2 aliphatic carbocycles. The maximum Gasteiger partial charge on any atom is 0.253 e. The summed E-state index contributed by atoms with van der Waals surface area (Å²) in [5.41, 5.74) is 0.854. The van der Waals surface area contributed by atoms with Crippen molar-refractivity contribution in [3.05, 3.63) is 33.8 Å². The van der Waals surface area contributed by atoms with E-state index in [-0.39, 0.29) is 22.8 Å². The first-order chi connectivity index (χ1) is 9.74. The molecule has 2 bridgehead atoms. The second kappa shape index (κ2) is 4.89. The van der Waals surface area contributed by atoms with Crippen LogP contribution in [0.5, 0.6) is 0 Å². The van der Waals surface area contributed by atoms with Gasteiger partial charge in [0.1, 0.15) is 0 Å². The fourth-order valence-electron chi connectivity index (χ4n) is 4.54. The van der Waals surface area contributed by atoms with Gasteiger partial charge in [0, 0.05) is 11.1 Å². The summed E-state index contributed by atoms with van der Waals surface area (Å²) in [6.45, 7) is 6.85. The van der Waals surface area contributed by atoms with Crippen LogP contribution in [0.2, 0.25) is 10.0 Å². The fraction of sp³-hybridized carbons (Fsp3) is 0.588. The predicted molar refractivity (Wildman–Crippen MR) is 86.9 cm³/mol. The van der Waals surface area contributed by atoms with E-state index in [9.17, 15) is 4.79 Å². The Morgan fingerprint density at radius 2 is 2.00 bits per heavy atom. The number of fused-ring (bicyclic) bond motifs is 2. The van der Waals surface area contributed by atoms with E-state index in [1.807, 2.05) is 0 Å². The van der Waals surface area contributed by atoms with Crippen LogP contribution in [0, 0.1) is 16.7 Å². The van der Waals surface area contributed by atoms with E-state index in [4.69, 9.17) is 23.2 Å². The largest absolute Gasteiger partial charge is 0.348 e. The number of halogens is 2. The van der Waals surface area contributed by atoms with E-state index in [2.05, 4.69) is 26.1 Å². The molecule has 1 aromatic carbocycles. The molecule has 0 unspecified atom stereocenters. The standard InChI is InChI=1S/C17H21Cl2NO/c1-16(2)10-6-7-17(3,9-10)15(16)20-14(21)12-5-4-11(18)8-13(12)19/h4-5,8,10,15H,6-7,9H2,1-3H3,(H,20,21)/t10-,15-,17+/m0/s1. The molecule has 3 rings (SSSR count). The molecule has 0 saturated heterocycles. The van der Waals surface area contributed by atoms with Gasteiger partial charge in [0.2, 0.25) is 0 Å². The summed E-state index contributed by atoms with van der Waals surface area (Å²) in [6.07, 6.45) is 3.68. The van der Waals surface area contributed by atoms with Gasteiger partial charge < -0.3 is 5.32 Å². The number of hydrogen-bond acceptors (Lipinski definition) is 1. The molecule has 114 valence electrons. The van der Waals surface area contributed by atoms with Crippen LogP contribution in [0.15, 0.2) is 18.2 Å². The van der Waals surface area contributed by atoms with Gasteiger partial charge in [0.25, 0.3) is 5.91 Å². The molecule has 0 radical (unpaired) electrons. The molecule has 0 spiro atoms. The van der Waals surface area contributed by atoms with Gasteiger partial charge in [-0.1, -0.05) is 44.0 Å². The molecule has 3 atom stereocenters. The van der Waals surface area contributed by atoms with Crippen molar-refractivity contribution in [3.8, 4) is 0 Å².